The molecular weight excluding hydrogens is 218 g/mol. The monoisotopic (exact) mass is 239 g/mol. The van der Waals surface area contributed by atoms with E-state index in [-0.39, 0.29) is 0 Å². The molecule has 0 aliphatic rings. The molecule has 1 N–H and O–H groups in total. The molecule has 0 aliphatic heterocycles. The molecule has 1 aromatic carbocycles. The highest BCUT2D eigenvalue weighted by Gasteiger charge is 2.08. The molecule has 0 heterocycles. The minimum Gasteiger partial charge on any atom is -0.317 e. The van der Waals surface area contributed by atoms with Gasteiger partial charge in [0.2, 0.25) is 0 Å². The number of nitrogens with one attached hydrogen (secondary N) is 1. The summed E-state index contributed by atoms with van der Waals surface area (Å²) in [6.07, 6.45) is 3.55. The summed E-state index contributed by atoms with van der Waals surface area (Å²) in [6, 6.07) is 8.78. The predicted molar refractivity (Wildman–Crippen MR) is 72.1 cm³/mol. The maximum absolute atomic E-state index is 5.86. The van der Waals surface area contributed by atoms with Gasteiger partial charge in [-0.3, -0.25) is 0 Å². The Balaban J connectivity index is 2.40. The van der Waals surface area contributed by atoms with E-state index in [1.165, 1.54) is 18.4 Å². The zero-order valence-electron chi connectivity index (χ0n) is 10.5. The van der Waals surface area contributed by atoms with Crippen molar-refractivity contribution in [2.24, 2.45) is 5.92 Å². The van der Waals surface area contributed by atoms with Gasteiger partial charge in [0.15, 0.2) is 0 Å². The van der Waals surface area contributed by atoms with Gasteiger partial charge in [0.1, 0.15) is 0 Å². The SMILES string of the molecule is CNC(CCc1ccc(Cl)cc1)CC(C)C. The molecule has 0 bridgehead atoms. The maximum atomic E-state index is 5.86. The number of aryl methyl sites for hydroxylation is 1. The highest BCUT2D eigenvalue weighted by atomic mass is 35.5. The molecular formula is C14H22ClN. The highest BCUT2D eigenvalue weighted by Crippen LogP contribution is 2.14. The van der Waals surface area contributed by atoms with Crippen molar-refractivity contribution >= 4 is 11.6 Å². The third-order valence-electron chi connectivity index (χ3n) is 2.86. The lowest BCUT2D eigenvalue weighted by Gasteiger charge is -2.18. The van der Waals surface area contributed by atoms with Crippen LogP contribution in [0.4, 0.5) is 0 Å². The van der Waals surface area contributed by atoms with E-state index in [2.05, 4.69) is 38.3 Å². The number of hydrogen-bond donors (Lipinski definition) is 1. The third kappa shape index (κ3) is 5.00. The van der Waals surface area contributed by atoms with E-state index in [0.717, 1.165) is 17.4 Å². The Bertz CT molecular complexity index is 292. The van der Waals surface area contributed by atoms with Crippen molar-refractivity contribution in [1.29, 1.82) is 0 Å². The summed E-state index contributed by atoms with van der Waals surface area (Å²) >= 11 is 5.86. The van der Waals surface area contributed by atoms with E-state index >= 15 is 0 Å². The Labute approximate surface area is 104 Å². The Morgan fingerprint density at radius 1 is 1.19 bits per heavy atom. The lowest BCUT2D eigenvalue weighted by molar-refractivity contribution is 0.422. The van der Waals surface area contributed by atoms with Crippen molar-refractivity contribution < 1.29 is 0 Å². The van der Waals surface area contributed by atoms with Crippen molar-refractivity contribution in [3.05, 3.63) is 34.9 Å². The summed E-state index contributed by atoms with van der Waals surface area (Å²) in [5.74, 6) is 0.752. The molecule has 2 heteroatoms. The zero-order valence-corrected chi connectivity index (χ0v) is 11.2. The van der Waals surface area contributed by atoms with Gasteiger partial charge in [0, 0.05) is 11.1 Å². The molecule has 1 atom stereocenters. The van der Waals surface area contributed by atoms with Gasteiger partial charge < -0.3 is 5.32 Å². The Morgan fingerprint density at radius 2 is 1.81 bits per heavy atom. The van der Waals surface area contributed by atoms with Gasteiger partial charge in [-0.15, -0.1) is 0 Å². The average molecular weight is 240 g/mol. The number of benzene rings is 1. The fourth-order valence-corrected chi connectivity index (χ4v) is 2.07. The van der Waals surface area contributed by atoms with Crippen molar-refractivity contribution in [1.82, 2.24) is 5.32 Å². The topological polar surface area (TPSA) is 12.0 Å². The molecule has 0 saturated carbocycles. The summed E-state index contributed by atoms with van der Waals surface area (Å²) < 4.78 is 0. The minimum absolute atomic E-state index is 0.621. The van der Waals surface area contributed by atoms with Gasteiger partial charge >= 0.3 is 0 Å². The van der Waals surface area contributed by atoms with Crippen LogP contribution in [-0.4, -0.2) is 13.1 Å². The van der Waals surface area contributed by atoms with Crippen LogP contribution in [0.5, 0.6) is 0 Å². The zero-order chi connectivity index (χ0) is 12.0. The largest absolute Gasteiger partial charge is 0.317 e. The van der Waals surface area contributed by atoms with Crippen molar-refractivity contribution in [3.63, 3.8) is 0 Å². The Morgan fingerprint density at radius 3 is 2.31 bits per heavy atom. The van der Waals surface area contributed by atoms with Gasteiger partial charge in [-0.25, -0.2) is 0 Å². The van der Waals surface area contributed by atoms with Crippen molar-refractivity contribution in [3.8, 4) is 0 Å². The van der Waals surface area contributed by atoms with E-state index in [9.17, 15) is 0 Å². The molecule has 0 aliphatic carbocycles. The normalized spacial score (nSPS) is 13.1. The van der Waals surface area contributed by atoms with E-state index in [4.69, 9.17) is 11.6 Å². The van der Waals surface area contributed by atoms with Crippen LogP contribution in [0, 0.1) is 5.92 Å². The van der Waals surface area contributed by atoms with Crippen LogP contribution in [-0.2, 0) is 6.42 Å². The Kier molecular flexibility index (Phi) is 5.86. The van der Waals surface area contributed by atoms with E-state index in [1.54, 1.807) is 0 Å². The first-order chi connectivity index (χ1) is 7.61. The molecule has 0 spiro atoms. The molecule has 1 unspecified atom stereocenters. The third-order valence-corrected chi connectivity index (χ3v) is 3.11. The molecule has 1 aromatic rings. The summed E-state index contributed by atoms with van der Waals surface area (Å²) in [6.45, 7) is 4.54. The first kappa shape index (κ1) is 13.5. The highest BCUT2D eigenvalue weighted by molar-refractivity contribution is 6.30. The molecule has 1 rings (SSSR count). The second-order valence-corrected chi connectivity index (χ2v) is 5.22. The lowest BCUT2D eigenvalue weighted by atomic mass is 9.98. The second kappa shape index (κ2) is 6.93. The van der Waals surface area contributed by atoms with Crippen LogP contribution in [0.3, 0.4) is 0 Å². The van der Waals surface area contributed by atoms with Crippen LogP contribution in [0.15, 0.2) is 24.3 Å². The number of halogens is 1. The molecule has 0 fully saturated rings. The average Bonchev–Trinajstić information content (AvgIpc) is 2.26. The molecule has 0 radical (unpaired) electrons. The predicted octanol–water partition coefficient (Wildman–Crippen LogP) is 3.91. The summed E-state index contributed by atoms with van der Waals surface area (Å²) in [5, 5.41) is 4.20. The van der Waals surface area contributed by atoms with Gasteiger partial charge in [0.25, 0.3) is 0 Å². The van der Waals surface area contributed by atoms with Crippen LogP contribution < -0.4 is 5.32 Å². The maximum Gasteiger partial charge on any atom is 0.0406 e. The van der Waals surface area contributed by atoms with Gasteiger partial charge in [0.05, 0.1) is 0 Å². The first-order valence-electron chi connectivity index (χ1n) is 6.03. The van der Waals surface area contributed by atoms with E-state index in [0.29, 0.717) is 6.04 Å². The summed E-state index contributed by atoms with van der Waals surface area (Å²) in [7, 11) is 2.05. The quantitative estimate of drug-likeness (QED) is 0.794. The summed E-state index contributed by atoms with van der Waals surface area (Å²) in [4.78, 5) is 0. The van der Waals surface area contributed by atoms with Crippen molar-refractivity contribution in [2.75, 3.05) is 7.05 Å². The number of hydrogen-bond acceptors (Lipinski definition) is 1. The molecule has 1 nitrogen and oxygen atoms in total. The second-order valence-electron chi connectivity index (χ2n) is 4.78. The van der Waals surface area contributed by atoms with Gasteiger partial charge in [-0.2, -0.15) is 0 Å². The van der Waals surface area contributed by atoms with Crippen LogP contribution in [0.1, 0.15) is 32.3 Å². The van der Waals surface area contributed by atoms with Crippen LogP contribution in [0.2, 0.25) is 5.02 Å². The standard InChI is InChI=1S/C14H22ClN/c1-11(2)10-14(16-3)9-6-12-4-7-13(15)8-5-12/h4-5,7-8,11,14,16H,6,9-10H2,1-3H3. The smallest absolute Gasteiger partial charge is 0.0406 e. The fraction of sp³-hybridized carbons (Fsp3) is 0.571. The lowest BCUT2D eigenvalue weighted by Crippen LogP contribution is -2.27. The van der Waals surface area contributed by atoms with Crippen LogP contribution >= 0.6 is 11.6 Å². The molecule has 0 saturated heterocycles. The molecule has 16 heavy (non-hydrogen) atoms. The van der Waals surface area contributed by atoms with Crippen molar-refractivity contribution in [2.45, 2.75) is 39.2 Å². The molecule has 0 amide bonds. The molecule has 0 aromatic heterocycles. The minimum atomic E-state index is 0.621. The molecule has 90 valence electrons. The summed E-state index contributed by atoms with van der Waals surface area (Å²) in [5.41, 5.74) is 1.37. The Hall–Kier alpha value is -0.530. The van der Waals surface area contributed by atoms with E-state index in [1.807, 2.05) is 12.1 Å². The van der Waals surface area contributed by atoms with Gasteiger partial charge in [-0.05, 0) is 49.9 Å². The van der Waals surface area contributed by atoms with E-state index < -0.39 is 0 Å². The van der Waals surface area contributed by atoms with Gasteiger partial charge in [-0.1, -0.05) is 37.6 Å². The fourth-order valence-electron chi connectivity index (χ4n) is 1.94. The van der Waals surface area contributed by atoms with Crippen LogP contribution in [0.25, 0.3) is 0 Å². The number of rotatable bonds is 6. The first-order valence-corrected chi connectivity index (χ1v) is 6.41.